The van der Waals surface area contributed by atoms with Crippen molar-refractivity contribution in [1.82, 2.24) is 5.32 Å². The average molecular weight is 256 g/mol. The lowest BCUT2D eigenvalue weighted by Gasteiger charge is -2.16. The Morgan fingerprint density at radius 1 is 1.28 bits per heavy atom. The van der Waals surface area contributed by atoms with Gasteiger partial charge in [-0.2, -0.15) is 0 Å². The lowest BCUT2D eigenvalue weighted by molar-refractivity contribution is 0.0118. The van der Waals surface area contributed by atoms with Crippen molar-refractivity contribution in [2.45, 2.75) is 26.7 Å². The third kappa shape index (κ3) is 3.50. The van der Waals surface area contributed by atoms with E-state index in [0.717, 1.165) is 16.7 Å². The number of carbonyl (C=O) groups excluding carboxylic acids is 1. The molecule has 0 radical (unpaired) electrons. The van der Waals surface area contributed by atoms with Crippen molar-refractivity contribution >= 4 is 5.91 Å². The number of carbonyl (C=O) groups is 1. The van der Waals surface area contributed by atoms with Gasteiger partial charge in [-0.15, -0.1) is 0 Å². The number of rotatable bonds is 4. The number of hydrogen-bond acceptors (Lipinski definition) is 2. The Balaban J connectivity index is 2.86. The highest BCUT2D eigenvalue weighted by Gasteiger charge is 2.27. The molecule has 0 heterocycles. The zero-order valence-electron chi connectivity index (χ0n) is 10.8. The Morgan fingerprint density at radius 2 is 1.78 bits per heavy atom. The van der Waals surface area contributed by atoms with Crippen molar-refractivity contribution in [3.8, 4) is 0 Å². The number of alkyl halides is 2. The summed E-state index contributed by atoms with van der Waals surface area (Å²) in [5.41, 5.74) is 7.96. The van der Waals surface area contributed by atoms with Gasteiger partial charge in [0, 0.05) is 5.56 Å². The lowest BCUT2D eigenvalue weighted by atomic mass is 9.99. The van der Waals surface area contributed by atoms with Gasteiger partial charge in [0.15, 0.2) is 0 Å². The molecule has 0 fully saturated rings. The summed E-state index contributed by atoms with van der Waals surface area (Å²) in [4.78, 5) is 11.9. The molecule has 0 aliphatic heterocycles. The van der Waals surface area contributed by atoms with E-state index in [1.807, 2.05) is 19.1 Å². The van der Waals surface area contributed by atoms with Gasteiger partial charge in [-0.05, 0) is 31.9 Å². The van der Waals surface area contributed by atoms with Crippen LogP contribution >= 0.6 is 0 Å². The molecule has 18 heavy (non-hydrogen) atoms. The Labute approximate surface area is 105 Å². The first-order chi connectivity index (χ1) is 8.26. The lowest BCUT2D eigenvalue weighted by Crippen LogP contribution is -2.41. The van der Waals surface area contributed by atoms with Gasteiger partial charge < -0.3 is 11.1 Å². The minimum atomic E-state index is -3.07. The fourth-order valence-corrected chi connectivity index (χ4v) is 1.91. The largest absolute Gasteiger partial charge is 0.346 e. The molecule has 0 aliphatic rings. The van der Waals surface area contributed by atoms with Crippen LogP contribution in [0.25, 0.3) is 0 Å². The summed E-state index contributed by atoms with van der Waals surface area (Å²) >= 11 is 0. The van der Waals surface area contributed by atoms with E-state index >= 15 is 0 Å². The van der Waals surface area contributed by atoms with Crippen LogP contribution in [0.15, 0.2) is 12.1 Å². The molecule has 0 unspecified atom stereocenters. The second-order valence-corrected chi connectivity index (χ2v) is 4.52. The topological polar surface area (TPSA) is 55.1 Å². The first-order valence-corrected chi connectivity index (χ1v) is 5.71. The molecular weight excluding hydrogens is 238 g/mol. The van der Waals surface area contributed by atoms with E-state index in [1.54, 1.807) is 13.8 Å². The number of nitrogens with two attached hydrogens (primary N) is 1. The highest BCUT2D eigenvalue weighted by atomic mass is 19.3. The zero-order valence-corrected chi connectivity index (χ0v) is 10.8. The summed E-state index contributed by atoms with van der Waals surface area (Å²) in [7, 11) is 0. The normalized spacial score (nSPS) is 11.4. The molecule has 0 aromatic heterocycles. The van der Waals surface area contributed by atoms with Gasteiger partial charge in [0.25, 0.3) is 11.8 Å². The summed E-state index contributed by atoms with van der Waals surface area (Å²) in [5, 5.41) is 2.22. The van der Waals surface area contributed by atoms with E-state index in [-0.39, 0.29) is 0 Å². The second kappa shape index (κ2) is 5.44. The molecule has 0 atom stereocenters. The predicted molar refractivity (Wildman–Crippen MR) is 67.0 cm³/mol. The van der Waals surface area contributed by atoms with Gasteiger partial charge >= 0.3 is 0 Å². The van der Waals surface area contributed by atoms with E-state index in [0.29, 0.717) is 5.56 Å². The van der Waals surface area contributed by atoms with Crippen molar-refractivity contribution in [3.05, 3.63) is 34.4 Å². The first-order valence-electron chi connectivity index (χ1n) is 5.71. The molecule has 1 rings (SSSR count). The molecule has 0 bridgehead atoms. The number of benzene rings is 1. The maximum Gasteiger partial charge on any atom is 0.277 e. The molecule has 5 heteroatoms. The van der Waals surface area contributed by atoms with Crippen LogP contribution in [-0.4, -0.2) is 24.9 Å². The standard InChI is InChI=1S/C13H18F2N2O/c1-8-4-9(2)11(10(3)5-8)12(18)17-7-13(14,15)6-16/h4-5H,6-7,16H2,1-3H3,(H,17,18). The average Bonchev–Trinajstić information content (AvgIpc) is 2.25. The highest BCUT2D eigenvalue weighted by Crippen LogP contribution is 2.17. The summed E-state index contributed by atoms with van der Waals surface area (Å²) in [5.74, 6) is -3.56. The van der Waals surface area contributed by atoms with E-state index in [4.69, 9.17) is 5.73 Å². The summed E-state index contributed by atoms with van der Waals surface area (Å²) < 4.78 is 25.9. The van der Waals surface area contributed by atoms with Crippen LogP contribution < -0.4 is 11.1 Å². The van der Waals surface area contributed by atoms with Crippen LogP contribution in [0, 0.1) is 20.8 Å². The summed E-state index contributed by atoms with van der Waals surface area (Å²) in [6.07, 6.45) is 0. The molecule has 3 N–H and O–H groups in total. The van der Waals surface area contributed by atoms with Gasteiger partial charge in [0.1, 0.15) is 0 Å². The highest BCUT2D eigenvalue weighted by molar-refractivity contribution is 5.97. The number of aryl methyl sites for hydroxylation is 3. The molecule has 0 spiro atoms. The maximum atomic E-state index is 13.0. The van der Waals surface area contributed by atoms with Gasteiger partial charge in [0.2, 0.25) is 0 Å². The van der Waals surface area contributed by atoms with Crippen LogP contribution in [0.4, 0.5) is 8.78 Å². The minimum absolute atomic E-state index is 0.452. The number of nitrogens with one attached hydrogen (secondary N) is 1. The Bertz CT molecular complexity index is 435. The van der Waals surface area contributed by atoms with Crippen LogP contribution in [-0.2, 0) is 0 Å². The van der Waals surface area contributed by atoms with Crippen LogP contribution in [0.2, 0.25) is 0 Å². The smallest absolute Gasteiger partial charge is 0.277 e. The van der Waals surface area contributed by atoms with E-state index < -0.39 is 24.9 Å². The fraction of sp³-hybridized carbons (Fsp3) is 0.462. The molecule has 100 valence electrons. The van der Waals surface area contributed by atoms with E-state index in [1.165, 1.54) is 0 Å². The Kier molecular flexibility index (Phi) is 4.40. The van der Waals surface area contributed by atoms with Gasteiger partial charge in [-0.3, -0.25) is 4.79 Å². The van der Waals surface area contributed by atoms with Crippen LogP contribution in [0.5, 0.6) is 0 Å². The van der Waals surface area contributed by atoms with Crippen molar-refractivity contribution in [2.24, 2.45) is 5.73 Å². The van der Waals surface area contributed by atoms with Crippen LogP contribution in [0.3, 0.4) is 0 Å². The summed E-state index contributed by atoms with van der Waals surface area (Å²) in [6.45, 7) is 3.98. The molecule has 1 aromatic carbocycles. The first kappa shape index (κ1) is 14.6. The third-order valence-corrected chi connectivity index (χ3v) is 2.71. The monoisotopic (exact) mass is 256 g/mol. The number of hydrogen-bond donors (Lipinski definition) is 2. The SMILES string of the molecule is Cc1cc(C)c(C(=O)NCC(F)(F)CN)c(C)c1. The fourth-order valence-electron chi connectivity index (χ4n) is 1.91. The predicted octanol–water partition coefficient (Wildman–Crippen LogP) is 1.94. The van der Waals surface area contributed by atoms with Crippen molar-refractivity contribution < 1.29 is 13.6 Å². The van der Waals surface area contributed by atoms with Crippen molar-refractivity contribution in [2.75, 3.05) is 13.1 Å². The molecule has 0 saturated carbocycles. The molecule has 0 saturated heterocycles. The maximum absolute atomic E-state index is 13.0. The van der Waals surface area contributed by atoms with Gasteiger partial charge in [-0.25, -0.2) is 8.78 Å². The van der Waals surface area contributed by atoms with E-state index in [2.05, 4.69) is 5.32 Å². The van der Waals surface area contributed by atoms with Crippen molar-refractivity contribution in [1.29, 1.82) is 0 Å². The number of amides is 1. The van der Waals surface area contributed by atoms with Gasteiger partial charge in [-0.1, -0.05) is 17.7 Å². The number of halogens is 2. The second-order valence-electron chi connectivity index (χ2n) is 4.52. The zero-order chi connectivity index (χ0) is 13.9. The summed E-state index contributed by atoms with van der Waals surface area (Å²) in [6, 6.07) is 3.70. The Morgan fingerprint density at radius 3 is 2.22 bits per heavy atom. The Hall–Kier alpha value is -1.49. The van der Waals surface area contributed by atoms with Crippen molar-refractivity contribution in [3.63, 3.8) is 0 Å². The quantitative estimate of drug-likeness (QED) is 0.865. The molecular formula is C13H18F2N2O. The molecule has 1 amide bonds. The van der Waals surface area contributed by atoms with Gasteiger partial charge in [0.05, 0.1) is 13.1 Å². The van der Waals surface area contributed by atoms with E-state index in [9.17, 15) is 13.6 Å². The van der Waals surface area contributed by atoms with Crippen LogP contribution in [0.1, 0.15) is 27.0 Å². The third-order valence-electron chi connectivity index (χ3n) is 2.71. The molecule has 3 nitrogen and oxygen atoms in total. The minimum Gasteiger partial charge on any atom is -0.346 e. The molecule has 1 aromatic rings. The molecule has 0 aliphatic carbocycles.